The second kappa shape index (κ2) is 8.36. The van der Waals surface area contributed by atoms with Gasteiger partial charge in [0.2, 0.25) is 10.0 Å². The van der Waals surface area contributed by atoms with E-state index in [0.29, 0.717) is 5.69 Å². The summed E-state index contributed by atoms with van der Waals surface area (Å²) in [5, 5.41) is 2.71. The average Bonchev–Trinajstić information content (AvgIpc) is 2.60. The number of hydrogen-bond acceptors (Lipinski definition) is 6. The van der Waals surface area contributed by atoms with E-state index in [-0.39, 0.29) is 22.3 Å². The zero-order valence-electron chi connectivity index (χ0n) is 16.0. The van der Waals surface area contributed by atoms with Gasteiger partial charge in [0.1, 0.15) is 16.5 Å². The zero-order valence-corrected chi connectivity index (χ0v) is 16.8. The maximum absolute atomic E-state index is 12.5. The first kappa shape index (κ1) is 20.7. The first-order valence-corrected chi connectivity index (χ1v) is 9.77. The van der Waals surface area contributed by atoms with Crippen LogP contribution in [0.4, 0.5) is 11.5 Å². The molecule has 0 spiro atoms. The summed E-state index contributed by atoms with van der Waals surface area (Å²) in [6.07, 6.45) is 1.54. The molecule has 1 amide bonds. The summed E-state index contributed by atoms with van der Waals surface area (Å²) in [6.45, 7) is 3.43. The standard InChI is InChI=1S/C18H24N4O4S/c1-12(2)21-27(24,25)16-10-13(6-8-15(16)26-5)18(23)20-14-7-9-17(19-11-14)22(3)4/h6-12,21H,1-5H3,(H,20,23). The lowest BCUT2D eigenvalue weighted by molar-refractivity contribution is 0.102. The van der Waals surface area contributed by atoms with Gasteiger partial charge in [-0.25, -0.2) is 18.1 Å². The largest absolute Gasteiger partial charge is 0.495 e. The van der Waals surface area contributed by atoms with Crippen molar-refractivity contribution in [3.8, 4) is 5.75 Å². The minimum atomic E-state index is -3.82. The molecular formula is C18H24N4O4S. The van der Waals surface area contributed by atoms with Gasteiger partial charge >= 0.3 is 0 Å². The molecule has 2 aromatic rings. The van der Waals surface area contributed by atoms with E-state index in [9.17, 15) is 13.2 Å². The fourth-order valence-electron chi connectivity index (χ4n) is 2.33. The van der Waals surface area contributed by atoms with Crippen LogP contribution in [0, 0.1) is 0 Å². The molecule has 2 N–H and O–H groups in total. The number of methoxy groups -OCH3 is 1. The Balaban J connectivity index is 2.30. The van der Waals surface area contributed by atoms with Crippen LogP contribution < -0.4 is 19.7 Å². The van der Waals surface area contributed by atoms with Crippen molar-refractivity contribution in [1.82, 2.24) is 9.71 Å². The van der Waals surface area contributed by atoms with Crippen LogP contribution in [-0.2, 0) is 10.0 Å². The van der Waals surface area contributed by atoms with Gasteiger partial charge in [-0.05, 0) is 44.2 Å². The van der Waals surface area contributed by atoms with E-state index in [0.717, 1.165) is 5.82 Å². The maximum Gasteiger partial charge on any atom is 0.255 e. The Labute approximate surface area is 159 Å². The topological polar surface area (TPSA) is 101 Å². The molecule has 0 bridgehead atoms. The van der Waals surface area contributed by atoms with Crippen LogP contribution in [0.2, 0.25) is 0 Å². The van der Waals surface area contributed by atoms with E-state index in [1.165, 1.54) is 31.5 Å². The summed E-state index contributed by atoms with van der Waals surface area (Å²) in [4.78, 5) is 18.5. The number of rotatable bonds is 7. The van der Waals surface area contributed by atoms with Crippen LogP contribution in [0.15, 0.2) is 41.4 Å². The lowest BCUT2D eigenvalue weighted by atomic mass is 10.2. The summed E-state index contributed by atoms with van der Waals surface area (Å²) >= 11 is 0. The molecule has 0 saturated heterocycles. The van der Waals surface area contributed by atoms with Crippen molar-refractivity contribution in [2.45, 2.75) is 24.8 Å². The highest BCUT2D eigenvalue weighted by molar-refractivity contribution is 7.89. The Hall–Kier alpha value is -2.65. The smallest absolute Gasteiger partial charge is 0.255 e. The molecule has 0 unspecified atom stereocenters. The van der Waals surface area contributed by atoms with Crippen molar-refractivity contribution < 1.29 is 17.9 Å². The number of sulfonamides is 1. The van der Waals surface area contributed by atoms with Crippen molar-refractivity contribution >= 4 is 27.4 Å². The molecule has 1 aromatic carbocycles. The van der Waals surface area contributed by atoms with E-state index >= 15 is 0 Å². The highest BCUT2D eigenvalue weighted by Gasteiger charge is 2.22. The molecule has 1 aromatic heterocycles. The van der Waals surface area contributed by atoms with Gasteiger partial charge in [-0.2, -0.15) is 0 Å². The molecule has 8 nitrogen and oxygen atoms in total. The predicted molar refractivity (Wildman–Crippen MR) is 105 cm³/mol. The zero-order chi connectivity index (χ0) is 20.2. The first-order chi connectivity index (χ1) is 12.6. The summed E-state index contributed by atoms with van der Waals surface area (Å²) in [7, 11) is 1.29. The number of aromatic nitrogens is 1. The molecule has 0 fully saturated rings. The highest BCUT2D eigenvalue weighted by Crippen LogP contribution is 2.25. The molecular weight excluding hydrogens is 368 g/mol. The number of pyridine rings is 1. The van der Waals surface area contributed by atoms with Crippen LogP contribution in [-0.4, -0.2) is 46.6 Å². The van der Waals surface area contributed by atoms with E-state index in [1.54, 1.807) is 26.0 Å². The maximum atomic E-state index is 12.5. The van der Waals surface area contributed by atoms with Gasteiger partial charge in [0.25, 0.3) is 5.91 Å². The summed E-state index contributed by atoms with van der Waals surface area (Å²) in [6, 6.07) is 7.45. The molecule has 0 radical (unpaired) electrons. The SMILES string of the molecule is COc1ccc(C(=O)Nc2ccc(N(C)C)nc2)cc1S(=O)(=O)NC(C)C. The number of ether oxygens (including phenoxy) is 1. The Kier molecular flexibility index (Phi) is 6.40. The van der Waals surface area contributed by atoms with Crippen LogP contribution in [0.25, 0.3) is 0 Å². The van der Waals surface area contributed by atoms with Gasteiger partial charge in [0, 0.05) is 25.7 Å². The van der Waals surface area contributed by atoms with Gasteiger partial charge in [-0.1, -0.05) is 0 Å². The van der Waals surface area contributed by atoms with Crippen molar-refractivity contribution in [2.24, 2.45) is 0 Å². The number of amides is 1. The molecule has 0 aliphatic carbocycles. The Morgan fingerprint density at radius 3 is 2.41 bits per heavy atom. The molecule has 0 aliphatic rings. The Morgan fingerprint density at radius 2 is 1.89 bits per heavy atom. The fourth-order valence-corrected chi connectivity index (χ4v) is 3.78. The normalized spacial score (nSPS) is 11.3. The Morgan fingerprint density at radius 1 is 1.19 bits per heavy atom. The number of nitrogens with zero attached hydrogens (tertiary/aromatic N) is 2. The second-order valence-electron chi connectivity index (χ2n) is 6.40. The molecule has 0 saturated carbocycles. The molecule has 2 rings (SSSR count). The third-order valence-electron chi connectivity index (χ3n) is 3.57. The summed E-state index contributed by atoms with van der Waals surface area (Å²) in [5.41, 5.74) is 0.697. The molecule has 0 aliphatic heterocycles. The average molecular weight is 392 g/mol. The number of nitrogens with one attached hydrogen (secondary N) is 2. The van der Waals surface area contributed by atoms with Gasteiger partial charge < -0.3 is 15.0 Å². The predicted octanol–water partition coefficient (Wildman–Crippen LogP) is 2.10. The number of anilines is 2. The minimum absolute atomic E-state index is 0.0903. The fraction of sp³-hybridized carbons (Fsp3) is 0.333. The summed E-state index contributed by atoms with van der Waals surface area (Å²) < 4.78 is 32.7. The quantitative estimate of drug-likeness (QED) is 0.748. The van der Waals surface area contributed by atoms with Gasteiger partial charge in [0.05, 0.1) is 19.0 Å². The summed E-state index contributed by atoms with van der Waals surface area (Å²) in [5.74, 6) is 0.473. The van der Waals surface area contributed by atoms with Crippen molar-refractivity contribution in [2.75, 3.05) is 31.4 Å². The molecule has 9 heteroatoms. The van der Waals surface area contributed by atoms with Crippen molar-refractivity contribution in [3.05, 3.63) is 42.1 Å². The number of carbonyl (C=O) groups excluding carboxylic acids is 1. The number of hydrogen-bond donors (Lipinski definition) is 2. The first-order valence-electron chi connectivity index (χ1n) is 8.29. The number of benzene rings is 1. The van der Waals surface area contributed by atoms with Gasteiger partial charge in [-0.15, -0.1) is 0 Å². The van der Waals surface area contributed by atoms with Crippen LogP contribution >= 0.6 is 0 Å². The van der Waals surface area contributed by atoms with Crippen molar-refractivity contribution in [3.63, 3.8) is 0 Å². The number of carbonyl (C=O) groups is 1. The van der Waals surface area contributed by atoms with E-state index < -0.39 is 15.9 Å². The monoisotopic (exact) mass is 392 g/mol. The van der Waals surface area contributed by atoms with Crippen LogP contribution in [0.3, 0.4) is 0 Å². The Bertz CT molecular complexity index is 909. The van der Waals surface area contributed by atoms with E-state index in [2.05, 4.69) is 15.0 Å². The molecule has 146 valence electrons. The van der Waals surface area contributed by atoms with Gasteiger partial charge in [-0.3, -0.25) is 4.79 Å². The molecule has 27 heavy (non-hydrogen) atoms. The van der Waals surface area contributed by atoms with E-state index in [1.807, 2.05) is 19.0 Å². The van der Waals surface area contributed by atoms with Gasteiger partial charge in [0.15, 0.2) is 0 Å². The van der Waals surface area contributed by atoms with E-state index in [4.69, 9.17) is 4.74 Å². The molecule has 0 atom stereocenters. The molecule has 1 heterocycles. The highest BCUT2D eigenvalue weighted by atomic mass is 32.2. The van der Waals surface area contributed by atoms with Crippen LogP contribution in [0.5, 0.6) is 5.75 Å². The second-order valence-corrected chi connectivity index (χ2v) is 8.08. The third-order valence-corrected chi connectivity index (χ3v) is 5.25. The minimum Gasteiger partial charge on any atom is -0.495 e. The third kappa shape index (κ3) is 5.18. The lowest BCUT2D eigenvalue weighted by Crippen LogP contribution is -2.30. The van der Waals surface area contributed by atoms with Crippen LogP contribution in [0.1, 0.15) is 24.2 Å². The van der Waals surface area contributed by atoms with Crippen molar-refractivity contribution in [1.29, 1.82) is 0 Å². The lowest BCUT2D eigenvalue weighted by Gasteiger charge is -2.14.